The number of aliphatic hydroxyl groups is 1. The Morgan fingerprint density at radius 3 is 1.96 bits per heavy atom. The van der Waals surface area contributed by atoms with Crippen molar-refractivity contribution in [1.82, 2.24) is 0 Å². The zero-order valence-electron chi connectivity index (χ0n) is 12.2. The second-order valence-electron chi connectivity index (χ2n) is 5.08. The number of carbonyl (C=O) groups is 1. The maximum absolute atomic E-state index is 13.1. The van der Waals surface area contributed by atoms with Crippen LogP contribution in [0.1, 0.15) is 22.8 Å². The molecule has 25 heavy (non-hydrogen) atoms. The van der Waals surface area contributed by atoms with Gasteiger partial charge in [0.2, 0.25) is 0 Å². The summed E-state index contributed by atoms with van der Waals surface area (Å²) >= 11 is 0. The molecule has 0 fully saturated rings. The maximum atomic E-state index is 13.1. The largest absolute Gasteiger partial charge is 0.479 e. The maximum Gasteiger partial charge on any atom is 0.417 e. The van der Waals surface area contributed by atoms with Crippen LogP contribution in [0.3, 0.4) is 0 Å². The van der Waals surface area contributed by atoms with Crippen molar-refractivity contribution >= 4 is 5.97 Å². The molecule has 0 saturated heterocycles. The molecule has 0 aliphatic rings. The predicted octanol–water partition coefficient (Wildman–Crippen LogP) is 4.51. The number of carboxylic acids is 1. The fraction of sp³-hybridized carbons (Fsp3) is 0.188. The van der Waals surface area contributed by atoms with E-state index in [9.17, 15) is 36.2 Å². The highest BCUT2D eigenvalue weighted by molar-refractivity contribution is 5.77. The van der Waals surface area contributed by atoms with Gasteiger partial charge in [0.1, 0.15) is 0 Å². The lowest BCUT2D eigenvalue weighted by Gasteiger charge is -2.18. The van der Waals surface area contributed by atoms with E-state index < -0.39 is 46.7 Å². The van der Waals surface area contributed by atoms with Crippen molar-refractivity contribution in [3.05, 3.63) is 59.2 Å². The quantitative estimate of drug-likeness (QED) is 0.788. The lowest BCUT2D eigenvalue weighted by atomic mass is 9.93. The van der Waals surface area contributed by atoms with E-state index in [2.05, 4.69) is 0 Å². The molecule has 9 heteroatoms. The average Bonchev–Trinajstić information content (AvgIpc) is 2.51. The fourth-order valence-electron chi connectivity index (χ4n) is 2.33. The summed E-state index contributed by atoms with van der Waals surface area (Å²) in [6.07, 6.45) is -12.3. The van der Waals surface area contributed by atoms with E-state index >= 15 is 0 Å². The van der Waals surface area contributed by atoms with Crippen molar-refractivity contribution in [2.24, 2.45) is 0 Å². The van der Waals surface area contributed by atoms with Crippen LogP contribution < -0.4 is 0 Å². The number of halogens is 6. The van der Waals surface area contributed by atoms with Crippen molar-refractivity contribution in [2.45, 2.75) is 18.5 Å². The van der Waals surface area contributed by atoms with E-state index in [1.807, 2.05) is 0 Å². The van der Waals surface area contributed by atoms with Gasteiger partial charge in [-0.1, -0.05) is 24.3 Å². The molecule has 0 amide bonds. The molecule has 0 aromatic heterocycles. The first kappa shape index (κ1) is 18.8. The number of carboxylic acid groups (broad SMARTS) is 1. The number of alkyl halides is 6. The van der Waals surface area contributed by atoms with Crippen molar-refractivity contribution in [1.29, 1.82) is 0 Å². The lowest BCUT2D eigenvalue weighted by Crippen LogP contribution is -2.17. The Bertz CT molecular complexity index is 795. The van der Waals surface area contributed by atoms with E-state index in [1.165, 1.54) is 6.07 Å². The summed E-state index contributed by atoms with van der Waals surface area (Å²) in [7, 11) is 0. The summed E-state index contributed by atoms with van der Waals surface area (Å²) in [6, 6.07) is 6.02. The normalized spacial score (nSPS) is 13.6. The van der Waals surface area contributed by atoms with Crippen LogP contribution in [0.25, 0.3) is 11.1 Å². The van der Waals surface area contributed by atoms with Gasteiger partial charge >= 0.3 is 18.3 Å². The monoisotopic (exact) mass is 364 g/mol. The molecule has 1 atom stereocenters. The van der Waals surface area contributed by atoms with Crippen LogP contribution in [0, 0.1) is 0 Å². The van der Waals surface area contributed by atoms with E-state index in [0.29, 0.717) is 12.1 Å². The second-order valence-corrected chi connectivity index (χ2v) is 5.08. The molecule has 0 aliphatic carbocycles. The Hall–Kier alpha value is -2.55. The summed E-state index contributed by atoms with van der Waals surface area (Å²) < 4.78 is 78.2. The number of aliphatic hydroxyl groups excluding tert-OH is 1. The van der Waals surface area contributed by atoms with Gasteiger partial charge in [0, 0.05) is 5.56 Å². The minimum Gasteiger partial charge on any atom is -0.479 e. The highest BCUT2D eigenvalue weighted by atomic mass is 19.4. The summed E-state index contributed by atoms with van der Waals surface area (Å²) in [6.45, 7) is 0. The molecule has 3 nitrogen and oxygen atoms in total. The minimum absolute atomic E-state index is 0.295. The molecule has 0 aliphatic heterocycles. The van der Waals surface area contributed by atoms with E-state index in [4.69, 9.17) is 5.11 Å². The van der Waals surface area contributed by atoms with Crippen LogP contribution in [-0.4, -0.2) is 16.2 Å². The summed E-state index contributed by atoms with van der Waals surface area (Å²) in [5.74, 6) is -1.95. The van der Waals surface area contributed by atoms with Crippen molar-refractivity contribution in [3.63, 3.8) is 0 Å². The van der Waals surface area contributed by atoms with Crippen LogP contribution in [0.5, 0.6) is 0 Å². The predicted molar refractivity (Wildman–Crippen MR) is 74.5 cm³/mol. The zero-order valence-corrected chi connectivity index (χ0v) is 12.2. The molecule has 0 spiro atoms. The first-order valence-corrected chi connectivity index (χ1v) is 6.71. The fourth-order valence-corrected chi connectivity index (χ4v) is 2.33. The summed E-state index contributed by atoms with van der Waals surface area (Å²) in [5.41, 5.74) is -4.28. The van der Waals surface area contributed by atoms with Crippen LogP contribution in [0.2, 0.25) is 0 Å². The number of hydrogen-bond donors (Lipinski definition) is 2. The number of rotatable bonds is 3. The Labute approximate surface area is 137 Å². The van der Waals surface area contributed by atoms with Gasteiger partial charge in [0.05, 0.1) is 11.1 Å². The topological polar surface area (TPSA) is 57.5 Å². The molecule has 0 saturated carbocycles. The van der Waals surface area contributed by atoms with Crippen LogP contribution in [-0.2, 0) is 17.1 Å². The molecule has 0 heterocycles. The first-order chi connectivity index (χ1) is 11.4. The Balaban J connectivity index is 2.71. The Morgan fingerprint density at radius 1 is 0.880 bits per heavy atom. The van der Waals surface area contributed by atoms with Crippen molar-refractivity contribution < 1.29 is 41.4 Å². The highest BCUT2D eigenvalue weighted by Crippen LogP contribution is 2.40. The van der Waals surface area contributed by atoms with Crippen LogP contribution in [0.4, 0.5) is 26.3 Å². The number of aliphatic carboxylic acids is 1. The second kappa shape index (κ2) is 6.40. The zero-order chi connectivity index (χ0) is 19.0. The van der Waals surface area contributed by atoms with Crippen molar-refractivity contribution in [3.8, 4) is 11.1 Å². The SMILES string of the molecule is O=C(O)C(O)c1cc(-c2ccccc2C(F)(F)F)ccc1C(F)(F)F. The third-order valence-corrected chi connectivity index (χ3v) is 3.43. The molecule has 2 aromatic carbocycles. The minimum atomic E-state index is -4.98. The summed E-state index contributed by atoms with van der Waals surface area (Å²) in [4.78, 5) is 10.9. The molecule has 2 rings (SSSR count). The highest BCUT2D eigenvalue weighted by Gasteiger charge is 2.38. The van der Waals surface area contributed by atoms with Gasteiger partial charge in [-0.3, -0.25) is 0 Å². The molecule has 1 unspecified atom stereocenters. The van der Waals surface area contributed by atoms with Gasteiger partial charge < -0.3 is 10.2 Å². The molecular weight excluding hydrogens is 354 g/mol. The Morgan fingerprint density at radius 2 is 1.44 bits per heavy atom. The number of benzene rings is 2. The standard InChI is InChI=1S/C16H10F6O3/c17-15(18,19)11-4-2-1-3-9(11)8-5-6-12(16(20,21)22)10(7-8)13(23)14(24)25/h1-7,13,23H,(H,24,25). The van der Waals surface area contributed by atoms with Crippen LogP contribution >= 0.6 is 0 Å². The van der Waals surface area contributed by atoms with Gasteiger partial charge in [-0.2, -0.15) is 26.3 Å². The average molecular weight is 364 g/mol. The number of hydrogen-bond acceptors (Lipinski definition) is 2. The van der Waals surface area contributed by atoms with Gasteiger partial charge in [-0.05, 0) is 29.3 Å². The lowest BCUT2D eigenvalue weighted by molar-refractivity contribution is -0.149. The molecule has 134 valence electrons. The van der Waals surface area contributed by atoms with Gasteiger partial charge in [-0.15, -0.1) is 0 Å². The molecular formula is C16H10F6O3. The first-order valence-electron chi connectivity index (χ1n) is 6.71. The van der Waals surface area contributed by atoms with Gasteiger partial charge in [0.15, 0.2) is 6.10 Å². The Kier molecular flexibility index (Phi) is 4.81. The van der Waals surface area contributed by atoms with Gasteiger partial charge in [-0.25, -0.2) is 4.79 Å². The molecule has 2 aromatic rings. The molecule has 0 radical (unpaired) electrons. The van der Waals surface area contributed by atoms with Gasteiger partial charge in [0.25, 0.3) is 0 Å². The molecule has 0 bridgehead atoms. The van der Waals surface area contributed by atoms with E-state index in [0.717, 1.165) is 24.3 Å². The van der Waals surface area contributed by atoms with E-state index in [1.54, 1.807) is 0 Å². The summed E-state index contributed by atoms with van der Waals surface area (Å²) in [5, 5.41) is 18.3. The van der Waals surface area contributed by atoms with Crippen molar-refractivity contribution in [2.75, 3.05) is 0 Å². The van der Waals surface area contributed by atoms with Crippen LogP contribution in [0.15, 0.2) is 42.5 Å². The molecule has 2 N–H and O–H groups in total. The smallest absolute Gasteiger partial charge is 0.417 e. The van der Waals surface area contributed by atoms with E-state index in [-0.39, 0.29) is 5.56 Å². The third kappa shape index (κ3) is 3.93. The third-order valence-electron chi connectivity index (χ3n) is 3.43.